The molecule has 0 saturated carbocycles. The lowest BCUT2D eigenvalue weighted by Crippen LogP contribution is -2.52. The predicted molar refractivity (Wildman–Crippen MR) is 96.4 cm³/mol. The smallest absolute Gasteiger partial charge is 0.321 e. The molecule has 7 heteroatoms. The van der Waals surface area contributed by atoms with Crippen molar-refractivity contribution in [2.45, 2.75) is 13.8 Å². The molecule has 3 amide bonds. The number of anilines is 1. The third-order valence-electron chi connectivity index (χ3n) is 4.23. The van der Waals surface area contributed by atoms with E-state index in [0.717, 1.165) is 18.8 Å². The number of carbonyl (C=O) groups excluding carboxylic acids is 2. The van der Waals surface area contributed by atoms with Gasteiger partial charge in [-0.2, -0.15) is 0 Å². The molecule has 6 nitrogen and oxygen atoms in total. The lowest BCUT2D eigenvalue weighted by molar-refractivity contribution is -0.132. The molecule has 0 aliphatic carbocycles. The van der Waals surface area contributed by atoms with Gasteiger partial charge >= 0.3 is 6.03 Å². The van der Waals surface area contributed by atoms with Crippen molar-refractivity contribution < 1.29 is 9.59 Å². The van der Waals surface area contributed by atoms with Gasteiger partial charge in [-0.15, -0.1) is 0 Å². The molecule has 1 N–H and O–H groups in total. The van der Waals surface area contributed by atoms with E-state index in [4.69, 9.17) is 11.6 Å². The Bertz CT molecular complexity index is 552. The second kappa shape index (κ2) is 8.89. The van der Waals surface area contributed by atoms with Crippen LogP contribution < -0.4 is 5.32 Å². The lowest BCUT2D eigenvalue weighted by Gasteiger charge is -2.35. The van der Waals surface area contributed by atoms with E-state index in [-0.39, 0.29) is 11.9 Å². The van der Waals surface area contributed by atoms with Gasteiger partial charge in [0, 0.05) is 50.0 Å². The molecule has 0 spiro atoms. The van der Waals surface area contributed by atoms with Crippen LogP contribution in [0.2, 0.25) is 5.02 Å². The molecule has 0 radical (unpaired) electrons. The van der Waals surface area contributed by atoms with Crippen LogP contribution in [0.1, 0.15) is 13.8 Å². The molecular formula is C17H25ClN4O2. The summed E-state index contributed by atoms with van der Waals surface area (Å²) in [5.74, 6) is 0.152. The Morgan fingerprint density at radius 1 is 1.08 bits per heavy atom. The van der Waals surface area contributed by atoms with Crippen LogP contribution in [-0.2, 0) is 4.79 Å². The van der Waals surface area contributed by atoms with Crippen molar-refractivity contribution in [2.24, 2.45) is 0 Å². The maximum Gasteiger partial charge on any atom is 0.321 e. The van der Waals surface area contributed by atoms with Gasteiger partial charge in [0.2, 0.25) is 5.91 Å². The number of amides is 3. The average Bonchev–Trinajstić information content (AvgIpc) is 2.58. The molecule has 1 saturated heterocycles. The Morgan fingerprint density at radius 3 is 2.21 bits per heavy atom. The molecule has 1 aromatic carbocycles. The molecule has 132 valence electrons. The molecule has 0 bridgehead atoms. The van der Waals surface area contributed by atoms with Crippen molar-refractivity contribution in [3.8, 4) is 0 Å². The summed E-state index contributed by atoms with van der Waals surface area (Å²) in [5, 5.41) is 3.50. The number of likely N-dealkylation sites (N-methyl/N-ethyl adjacent to an activating group) is 1. The molecule has 1 fully saturated rings. The van der Waals surface area contributed by atoms with E-state index in [2.05, 4.69) is 10.2 Å². The van der Waals surface area contributed by atoms with Gasteiger partial charge in [-0.05, 0) is 38.1 Å². The maximum absolute atomic E-state index is 12.3. The summed E-state index contributed by atoms with van der Waals surface area (Å²) in [6.07, 6.45) is 0. The SMILES string of the molecule is CCN(CC)C(=O)CN1CCN(C(=O)Nc2ccc(Cl)cc2)CC1. The van der Waals surface area contributed by atoms with E-state index in [1.165, 1.54) is 0 Å². The quantitative estimate of drug-likeness (QED) is 0.885. The Labute approximate surface area is 148 Å². The fraction of sp³-hybridized carbons (Fsp3) is 0.529. The fourth-order valence-corrected chi connectivity index (χ4v) is 2.84. The predicted octanol–water partition coefficient (Wildman–Crippen LogP) is 2.36. The summed E-state index contributed by atoms with van der Waals surface area (Å²) in [6, 6.07) is 6.92. The van der Waals surface area contributed by atoms with Gasteiger partial charge in [0.15, 0.2) is 0 Å². The highest BCUT2D eigenvalue weighted by Gasteiger charge is 2.23. The van der Waals surface area contributed by atoms with Crippen LogP contribution in [-0.4, -0.2) is 72.5 Å². The van der Waals surface area contributed by atoms with E-state index in [0.29, 0.717) is 37.7 Å². The van der Waals surface area contributed by atoms with E-state index >= 15 is 0 Å². The number of carbonyl (C=O) groups is 2. The molecule has 0 atom stereocenters. The van der Waals surface area contributed by atoms with Crippen LogP contribution in [0.4, 0.5) is 10.5 Å². The first-order valence-corrected chi connectivity index (χ1v) is 8.73. The van der Waals surface area contributed by atoms with Crippen LogP contribution in [0.15, 0.2) is 24.3 Å². The number of urea groups is 1. The normalized spacial score (nSPS) is 15.2. The minimum absolute atomic E-state index is 0.118. The van der Waals surface area contributed by atoms with Gasteiger partial charge in [-0.1, -0.05) is 11.6 Å². The Morgan fingerprint density at radius 2 is 1.67 bits per heavy atom. The molecule has 1 aliphatic rings. The summed E-state index contributed by atoms with van der Waals surface area (Å²) in [5.41, 5.74) is 0.726. The highest BCUT2D eigenvalue weighted by Crippen LogP contribution is 2.14. The van der Waals surface area contributed by atoms with E-state index < -0.39 is 0 Å². The van der Waals surface area contributed by atoms with Crippen molar-refractivity contribution in [3.05, 3.63) is 29.3 Å². The number of nitrogens with zero attached hydrogens (tertiary/aromatic N) is 3. The second-order valence-electron chi connectivity index (χ2n) is 5.77. The van der Waals surface area contributed by atoms with Crippen molar-refractivity contribution in [3.63, 3.8) is 0 Å². The van der Waals surface area contributed by atoms with Crippen molar-refractivity contribution >= 4 is 29.2 Å². The third-order valence-corrected chi connectivity index (χ3v) is 4.48. The summed E-state index contributed by atoms with van der Waals surface area (Å²) in [4.78, 5) is 30.1. The molecular weight excluding hydrogens is 328 g/mol. The zero-order valence-corrected chi connectivity index (χ0v) is 15.1. The second-order valence-corrected chi connectivity index (χ2v) is 6.20. The van der Waals surface area contributed by atoms with E-state index in [1.807, 2.05) is 18.7 Å². The van der Waals surface area contributed by atoms with Crippen LogP contribution in [0.5, 0.6) is 0 Å². The lowest BCUT2D eigenvalue weighted by atomic mass is 10.3. The maximum atomic E-state index is 12.3. The molecule has 24 heavy (non-hydrogen) atoms. The van der Waals surface area contributed by atoms with Gasteiger partial charge in [0.05, 0.1) is 6.54 Å². The fourth-order valence-electron chi connectivity index (χ4n) is 2.71. The van der Waals surface area contributed by atoms with Crippen molar-refractivity contribution in [2.75, 3.05) is 51.1 Å². The molecule has 1 aromatic rings. The molecule has 0 aromatic heterocycles. The number of benzene rings is 1. The number of halogens is 1. The highest BCUT2D eigenvalue weighted by atomic mass is 35.5. The average molecular weight is 353 g/mol. The Hall–Kier alpha value is -1.79. The van der Waals surface area contributed by atoms with Gasteiger partial charge in [-0.3, -0.25) is 9.69 Å². The van der Waals surface area contributed by atoms with Gasteiger partial charge < -0.3 is 15.1 Å². The van der Waals surface area contributed by atoms with Gasteiger partial charge in [-0.25, -0.2) is 4.79 Å². The summed E-state index contributed by atoms with van der Waals surface area (Å²) < 4.78 is 0. The largest absolute Gasteiger partial charge is 0.342 e. The number of piperazine rings is 1. The van der Waals surface area contributed by atoms with E-state index in [1.54, 1.807) is 29.2 Å². The van der Waals surface area contributed by atoms with Crippen LogP contribution in [0.3, 0.4) is 0 Å². The van der Waals surface area contributed by atoms with E-state index in [9.17, 15) is 9.59 Å². The standard InChI is InChI=1S/C17H25ClN4O2/c1-3-21(4-2)16(23)13-20-9-11-22(12-10-20)17(24)19-15-7-5-14(18)6-8-15/h5-8H,3-4,9-13H2,1-2H3,(H,19,24). The zero-order chi connectivity index (χ0) is 17.5. The van der Waals surface area contributed by atoms with Crippen molar-refractivity contribution in [1.29, 1.82) is 0 Å². The van der Waals surface area contributed by atoms with Gasteiger partial charge in [0.25, 0.3) is 0 Å². The number of hydrogen-bond acceptors (Lipinski definition) is 3. The minimum atomic E-state index is -0.118. The third kappa shape index (κ3) is 5.11. The van der Waals surface area contributed by atoms with Crippen molar-refractivity contribution in [1.82, 2.24) is 14.7 Å². The molecule has 0 unspecified atom stereocenters. The topological polar surface area (TPSA) is 55.9 Å². The number of rotatable bonds is 5. The highest BCUT2D eigenvalue weighted by molar-refractivity contribution is 6.30. The summed E-state index contributed by atoms with van der Waals surface area (Å²) in [6.45, 7) is 8.52. The number of nitrogens with one attached hydrogen (secondary N) is 1. The summed E-state index contributed by atoms with van der Waals surface area (Å²) >= 11 is 5.84. The molecule has 2 rings (SSSR count). The monoisotopic (exact) mass is 352 g/mol. The Kier molecular flexibility index (Phi) is 6.87. The Balaban J connectivity index is 1.78. The zero-order valence-electron chi connectivity index (χ0n) is 14.3. The first kappa shape index (κ1) is 18.5. The molecule has 1 aliphatic heterocycles. The minimum Gasteiger partial charge on any atom is -0.342 e. The van der Waals surface area contributed by atoms with Crippen LogP contribution >= 0.6 is 11.6 Å². The number of hydrogen-bond donors (Lipinski definition) is 1. The molecule has 1 heterocycles. The van der Waals surface area contributed by atoms with Crippen LogP contribution in [0, 0.1) is 0 Å². The van der Waals surface area contributed by atoms with Crippen LogP contribution in [0.25, 0.3) is 0 Å². The first-order valence-electron chi connectivity index (χ1n) is 8.35. The first-order chi connectivity index (χ1) is 11.5. The van der Waals surface area contributed by atoms with Gasteiger partial charge in [0.1, 0.15) is 0 Å². The summed E-state index contributed by atoms with van der Waals surface area (Å²) in [7, 11) is 0.